The molecule has 8 nitrogen and oxygen atoms in total. The standard InChI is InChI=1S/C18H17N3O5S2/c1-25-17(24)9-4-5-11-12(7-9)21-14(20-15(11)22)13(28-18(21)27)16(23)19-8-10-3-2-6-26-10/h4-5,7,10H,2-3,6,8H2,1H3,(H,19,23)(H,20,22). The third-order valence-corrected chi connectivity index (χ3v) is 6.04. The summed E-state index contributed by atoms with van der Waals surface area (Å²) in [5.41, 5.74) is 0.673. The average Bonchev–Trinajstić information content (AvgIpc) is 3.33. The average molecular weight is 419 g/mol. The van der Waals surface area contributed by atoms with Gasteiger partial charge in [0.1, 0.15) is 10.5 Å². The van der Waals surface area contributed by atoms with E-state index in [0.29, 0.717) is 44.1 Å². The quantitative estimate of drug-likeness (QED) is 0.497. The molecule has 1 aliphatic heterocycles. The molecule has 28 heavy (non-hydrogen) atoms. The number of nitrogens with zero attached hydrogens (tertiary/aromatic N) is 1. The van der Waals surface area contributed by atoms with Crippen LogP contribution in [0, 0.1) is 3.95 Å². The molecule has 1 atom stereocenters. The number of nitrogens with one attached hydrogen (secondary N) is 2. The number of H-pyrrole nitrogens is 1. The lowest BCUT2D eigenvalue weighted by Gasteiger charge is -2.10. The molecule has 2 aromatic heterocycles. The van der Waals surface area contributed by atoms with Gasteiger partial charge >= 0.3 is 5.97 Å². The highest BCUT2D eigenvalue weighted by Gasteiger charge is 2.21. The van der Waals surface area contributed by atoms with E-state index in [1.165, 1.54) is 19.2 Å². The summed E-state index contributed by atoms with van der Waals surface area (Å²) in [6.07, 6.45) is 1.90. The Bertz CT molecular complexity index is 1200. The minimum Gasteiger partial charge on any atom is -0.465 e. The summed E-state index contributed by atoms with van der Waals surface area (Å²) in [6.45, 7) is 1.11. The molecule has 3 heterocycles. The van der Waals surface area contributed by atoms with Gasteiger partial charge in [-0.2, -0.15) is 0 Å². The number of hydrogen-bond donors (Lipinski definition) is 2. The van der Waals surface area contributed by atoms with Crippen molar-refractivity contribution in [3.8, 4) is 0 Å². The van der Waals surface area contributed by atoms with Crippen molar-refractivity contribution < 1.29 is 19.1 Å². The number of rotatable bonds is 4. The monoisotopic (exact) mass is 419 g/mol. The number of thiazole rings is 1. The Labute approximate surface area is 168 Å². The lowest BCUT2D eigenvalue weighted by Crippen LogP contribution is -2.31. The van der Waals surface area contributed by atoms with Crippen molar-refractivity contribution in [2.45, 2.75) is 18.9 Å². The Kier molecular flexibility index (Phi) is 5.00. The molecule has 1 unspecified atom stereocenters. The highest BCUT2D eigenvalue weighted by molar-refractivity contribution is 7.73. The number of aromatic nitrogens is 2. The lowest BCUT2D eigenvalue weighted by molar-refractivity contribution is 0.0600. The zero-order valence-corrected chi connectivity index (χ0v) is 16.6. The van der Waals surface area contributed by atoms with E-state index in [9.17, 15) is 14.4 Å². The lowest BCUT2D eigenvalue weighted by atomic mass is 10.1. The van der Waals surface area contributed by atoms with E-state index < -0.39 is 5.97 Å². The topological polar surface area (TPSA) is 102 Å². The van der Waals surface area contributed by atoms with Crippen molar-refractivity contribution in [1.29, 1.82) is 0 Å². The molecule has 0 spiro atoms. The number of esters is 1. The fourth-order valence-electron chi connectivity index (χ4n) is 3.28. The van der Waals surface area contributed by atoms with E-state index in [0.717, 1.165) is 24.2 Å². The predicted molar refractivity (Wildman–Crippen MR) is 107 cm³/mol. The summed E-state index contributed by atoms with van der Waals surface area (Å²) in [7, 11) is 1.28. The summed E-state index contributed by atoms with van der Waals surface area (Å²) >= 11 is 6.53. The number of amides is 1. The molecule has 0 bridgehead atoms. The third kappa shape index (κ3) is 3.23. The van der Waals surface area contributed by atoms with Crippen molar-refractivity contribution in [2.75, 3.05) is 20.3 Å². The second-order valence-corrected chi connectivity index (χ2v) is 8.05. The van der Waals surface area contributed by atoms with Gasteiger partial charge in [0.05, 0.1) is 29.7 Å². The maximum atomic E-state index is 12.7. The molecule has 1 aliphatic rings. The van der Waals surface area contributed by atoms with E-state index in [1.807, 2.05) is 0 Å². The first-order valence-corrected chi connectivity index (χ1v) is 9.92. The van der Waals surface area contributed by atoms with Crippen LogP contribution >= 0.6 is 23.6 Å². The van der Waals surface area contributed by atoms with E-state index in [4.69, 9.17) is 21.7 Å². The normalized spacial score (nSPS) is 16.5. The molecule has 4 rings (SSSR count). The van der Waals surface area contributed by atoms with E-state index in [2.05, 4.69) is 10.3 Å². The molecule has 0 radical (unpaired) electrons. The van der Waals surface area contributed by atoms with Crippen LogP contribution in [0.3, 0.4) is 0 Å². The predicted octanol–water partition coefficient (Wildman–Crippen LogP) is 2.27. The molecular formula is C18H17N3O5S2. The van der Waals surface area contributed by atoms with Gasteiger partial charge in [0.15, 0.2) is 3.95 Å². The number of ether oxygens (including phenoxy) is 2. The van der Waals surface area contributed by atoms with Crippen molar-refractivity contribution in [3.05, 3.63) is 42.9 Å². The van der Waals surface area contributed by atoms with Crippen LogP contribution in [0.5, 0.6) is 0 Å². The highest BCUT2D eigenvalue weighted by Crippen LogP contribution is 2.23. The second kappa shape index (κ2) is 7.46. The van der Waals surface area contributed by atoms with Crippen molar-refractivity contribution in [1.82, 2.24) is 14.7 Å². The van der Waals surface area contributed by atoms with Gasteiger partial charge in [0.2, 0.25) is 0 Å². The van der Waals surface area contributed by atoms with Gasteiger partial charge in [-0.05, 0) is 43.3 Å². The van der Waals surface area contributed by atoms with Gasteiger partial charge in [-0.15, -0.1) is 0 Å². The van der Waals surface area contributed by atoms with Crippen molar-refractivity contribution in [3.63, 3.8) is 0 Å². The van der Waals surface area contributed by atoms with Crippen LogP contribution in [0.4, 0.5) is 0 Å². The van der Waals surface area contributed by atoms with Crippen LogP contribution in [0.25, 0.3) is 16.6 Å². The second-order valence-electron chi connectivity index (χ2n) is 6.40. The maximum absolute atomic E-state index is 12.7. The zero-order valence-electron chi connectivity index (χ0n) is 14.9. The van der Waals surface area contributed by atoms with Crippen LogP contribution in [-0.4, -0.2) is 47.6 Å². The van der Waals surface area contributed by atoms with Gasteiger partial charge < -0.3 is 19.8 Å². The van der Waals surface area contributed by atoms with Gasteiger partial charge in [-0.25, -0.2) is 4.79 Å². The zero-order chi connectivity index (χ0) is 19.8. The fourth-order valence-corrected chi connectivity index (χ4v) is 4.58. The minimum absolute atomic E-state index is 0.00768. The molecule has 0 saturated carbocycles. The summed E-state index contributed by atoms with van der Waals surface area (Å²) in [5.74, 6) is -0.847. The van der Waals surface area contributed by atoms with Crippen LogP contribution in [0.15, 0.2) is 23.0 Å². The number of hydrogen-bond acceptors (Lipinski definition) is 7. The maximum Gasteiger partial charge on any atom is 0.337 e. The molecule has 146 valence electrons. The number of carbonyl (C=O) groups excluding carboxylic acids is 2. The Morgan fingerprint density at radius 1 is 1.46 bits per heavy atom. The largest absolute Gasteiger partial charge is 0.465 e. The molecule has 10 heteroatoms. The summed E-state index contributed by atoms with van der Waals surface area (Å²) in [4.78, 5) is 40.1. The Morgan fingerprint density at radius 2 is 2.29 bits per heavy atom. The fraction of sp³-hybridized carbons (Fsp3) is 0.333. The summed E-state index contributed by atoms with van der Waals surface area (Å²) in [6, 6.07) is 4.59. The van der Waals surface area contributed by atoms with Crippen molar-refractivity contribution in [2.24, 2.45) is 0 Å². The first-order chi connectivity index (χ1) is 13.5. The first kappa shape index (κ1) is 18.8. The van der Waals surface area contributed by atoms with E-state index in [1.54, 1.807) is 10.5 Å². The van der Waals surface area contributed by atoms with E-state index in [-0.39, 0.29) is 17.6 Å². The molecule has 0 aliphatic carbocycles. The highest BCUT2D eigenvalue weighted by atomic mass is 32.1. The summed E-state index contributed by atoms with van der Waals surface area (Å²) < 4.78 is 12.3. The SMILES string of the molecule is COC(=O)c1ccc2c(=O)[nH]c3c(C(=O)NCC4CCCO4)sc(=S)n3c2c1. The number of carbonyl (C=O) groups is 2. The van der Waals surface area contributed by atoms with Gasteiger partial charge in [0, 0.05) is 13.2 Å². The molecule has 1 fully saturated rings. The molecule has 1 saturated heterocycles. The number of aromatic amines is 1. The third-order valence-electron chi connectivity index (χ3n) is 4.67. The van der Waals surface area contributed by atoms with Gasteiger partial charge in [0.25, 0.3) is 11.5 Å². The Balaban J connectivity index is 1.81. The van der Waals surface area contributed by atoms with Gasteiger partial charge in [-0.1, -0.05) is 11.3 Å². The Morgan fingerprint density at radius 3 is 3.00 bits per heavy atom. The number of benzene rings is 1. The van der Waals surface area contributed by atoms with Crippen LogP contribution in [-0.2, 0) is 9.47 Å². The number of methoxy groups -OCH3 is 1. The molecule has 1 amide bonds. The molecule has 1 aromatic carbocycles. The van der Waals surface area contributed by atoms with Crippen molar-refractivity contribution >= 4 is 52.0 Å². The van der Waals surface area contributed by atoms with Crippen LogP contribution in [0.1, 0.15) is 32.9 Å². The number of fused-ring (bicyclic) bond motifs is 3. The van der Waals surface area contributed by atoms with E-state index >= 15 is 0 Å². The first-order valence-electron chi connectivity index (χ1n) is 8.69. The van der Waals surface area contributed by atoms with Gasteiger partial charge in [-0.3, -0.25) is 14.0 Å². The Hall–Kier alpha value is -2.56. The molecule has 2 N–H and O–H groups in total. The summed E-state index contributed by atoms with van der Waals surface area (Å²) in [5, 5.41) is 3.20. The smallest absolute Gasteiger partial charge is 0.337 e. The minimum atomic E-state index is -0.522. The van der Waals surface area contributed by atoms with Crippen LogP contribution in [0.2, 0.25) is 0 Å². The van der Waals surface area contributed by atoms with Crippen LogP contribution < -0.4 is 10.9 Å². The molecule has 3 aromatic rings. The molecular weight excluding hydrogens is 402 g/mol.